The van der Waals surface area contributed by atoms with Crippen LogP contribution in [0.3, 0.4) is 0 Å². The van der Waals surface area contributed by atoms with E-state index in [2.05, 4.69) is 21.7 Å². The topological polar surface area (TPSA) is 60.3 Å². The van der Waals surface area contributed by atoms with Crippen molar-refractivity contribution in [2.75, 3.05) is 26.0 Å². The average Bonchev–Trinajstić information content (AvgIpc) is 3.17. The molecule has 0 unspecified atom stereocenters. The normalized spacial score (nSPS) is 19.2. The first-order valence-electron chi connectivity index (χ1n) is 10.6. The summed E-state index contributed by atoms with van der Waals surface area (Å²) in [6, 6.07) is 8.33. The molecule has 2 atom stereocenters. The van der Waals surface area contributed by atoms with Crippen molar-refractivity contribution >= 4 is 17.7 Å². The first kappa shape index (κ1) is 21.7. The van der Waals surface area contributed by atoms with E-state index in [-0.39, 0.29) is 5.91 Å². The SMILES string of the molecule is CCN(CC)C(=O)CSc1nnc(-c2ccc(OC)cc2)n1[C@@H]1CCCC[C@H]1C. The second-order valence-corrected chi connectivity index (χ2v) is 8.53. The van der Waals surface area contributed by atoms with Crippen molar-refractivity contribution in [2.45, 2.75) is 57.7 Å². The van der Waals surface area contributed by atoms with Gasteiger partial charge in [-0.3, -0.25) is 9.36 Å². The summed E-state index contributed by atoms with van der Waals surface area (Å²) in [6.07, 6.45) is 4.84. The lowest BCUT2D eigenvalue weighted by atomic mass is 9.85. The monoisotopic (exact) mass is 416 g/mol. The summed E-state index contributed by atoms with van der Waals surface area (Å²) in [4.78, 5) is 14.4. The molecule has 0 saturated heterocycles. The van der Waals surface area contributed by atoms with E-state index < -0.39 is 0 Å². The molecule has 0 N–H and O–H groups in total. The van der Waals surface area contributed by atoms with Crippen LogP contribution in [0.25, 0.3) is 11.4 Å². The molecule has 7 heteroatoms. The van der Waals surface area contributed by atoms with Gasteiger partial charge in [0.2, 0.25) is 5.91 Å². The molecule has 0 aliphatic heterocycles. The van der Waals surface area contributed by atoms with Gasteiger partial charge in [0.05, 0.1) is 12.9 Å². The Morgan fingerprint density at radius 1 is 1.17 bits per heavy atom. The van der Waals surface area contributed by atoms with E-state index in [1.165, 1.54) is 31.0 Å². The second kappa shape index (κ2) is 10.1. The standard InChI is InChI=1S/C22H32N4O2S/c1-5-25(6-2)20(27)15-29-22-24-23-21(17-11-13-18(28-4)14-12-17)26(22)19-10-8-7-9-16(19)3/h11-14,16,19H,5-10,15H2,1-4H3/t16-,19-/m1/s1. The Morgan fingerprint density at radius 3 is 2.48 bits per heavy atom. The Bertz CT molecular complexity index is 802. The summed E-state index contributed by atoms with van der Waals surface area (Å²) < 4.78 is 7.58. The van der Waals surface area contributed by atoms with Crippen LogP contribution < -0.4 is 4.74 Å². The van der Waals surface area contributed by atoms with E-state index in [4.69, 9.17) is 4.74 Å². The third-order valence-corrected chi connectivity index (χ3v) is 6.78. The molecule has 1 aliphatic carbocycles. The van der Waals surface area contributed by atoms with Crippen molar-refractivity contribution in [1.29, 1.82) is 0 Å². The van der Waals surface area contributed by atoms with Gasteiger partial charge in [-0.05, 0) is 56.9 Å². The number of carbonyl (C=O) groups is 1. The van der Waals surface area contributed by atoms with Gasteiger partial charge in [-0.2, -0.15) is 0 Å². The van der Waals surface area contributed by atoms with Crippen molar-refractivity contribution in [1.82, 2.24) is 19.7 Å². The molecule has 29 heavy (non-hydrogen) atoms. The van der Waals surface area contributed by atoms with Crippen LogP contribution in [0, 0.1) is 5.92 Å². The Labute approximate surface area is 178 Å². The minimum absolute atomic E-state index is 0.150. The van der Waals surface area contributed by atoms with E-state index in [0.29, 0.717) is 17.7 Å². The maximum absolute atomic E-state index is 12.5. The van der Waals surface area contributed by atoms with Gasteiger partial charge in [-0.15, -0.1) is 10.2 Å². The third kappa shape index (κ3) is 4.94. The first-order chi connectivity index (χ1) is 14.1. The van der Waals surface area contributed by atoms with Gasteiger partial charge in [0.1, 0.15) is 5.75 Å². The van der Waals surface area contributed by atoms with Crippen molar-refractivity contribution in [2.24, 2.45) is 5.92 Å². The minimum Gasteiger partial charge on any atom is -0.497 e. The molecule has 1 aliphatic rings. The molecular formula is C22H32N4O2S. The average molecular weight is 417 g/mol. The summed E-state index contributed by atoms with van der Waals surface area (Å²) in [6.45, 7) is 7.82. The molecule has 1 heterocycles. The Hall–Kier alpha value is -2.02. The predicted molar refractivity (Wildman–Crippen MR) is 117 cm³/mol. The molecular weight excluding hydrogens is 384 g/mol. The number of ether oxygens (including phenoxy) is 1. The lowest BCUT2D eigenvalue weighted by molar-refractivity contribution is -0.127. The number of benzene rings is 1. The van der Waals surface area contributed by atoms with Crippen LogP contribution in [0.15, 0.2) is 29.4 Å². The molecule has 1 aromatic carbocycles. The fraction of sp³-hybridized carbons (Fsp3) is 0.591. The first-order valence-corrected chi connectivity index (χ1v) is 11.6. The van der Waals surface area contributed by atoms with E-state index >= 15 is 0 Å². The van der Waals surface area contributed by atoms with Gasteiger partial charge in [-0.25, -0.2) is 0 Å². The molecule has 1 aromatic heterocycles. The summed E-state index contributed by atoms with van der Waals surface area (Å²) in [5, 5.41) is 9.89. The van der Waals surface area contributed by atoms with Crippen molar-refractivity contribution in [3.05, 3.63) is 24.3 Å². The molecule has 6 nitrogen and oxygen atoms in total. The van der Waals surface area contributed by atoms with Gasteiger partial charge in [0, 0.05) is 24.7 Å². The highest BCUT2D eigenvalue weighted by Gasteiger charge is 2.29. The minimum atomic E-state index is 0.150. The maximum atomic E-state index is 12.5. The number of nitrogens with zero attached hydrogens (tertiary/aromatic N) is 4. The molecule has 0 spiro atoms. The lowest BCUT2D eigenvalue weighted by Gasteiger charge is -2.31. The fourth-order valence-electron chi connectivity index (χ4n) is 4.09. The quantitative estimate of drug-likeness (QED) is 0.586. The highest BCUT2D eigenvalue weighted by molar-refractivity contribution is 7.99. The van der Waals surface area contributed by atoms with E-state index in [1.54, 1.807) is 7.11 Å². The summed E-state index contributed by atoms with van der Waals surface area (Å²) in [5.41, 5.74) is 1.03. The molecule has 3 rings (SSSR count). The lowest BCUT2D eigenvalue weighted by Crippen LogP contribution is -2.32. The molecule has 1 saturated carbocycles. The van der Waals surface area contributed by atoms with Crippen molar-refractivity contribution in [3.8, 4) is 17.1 Å². The zero-order chi connectivity index (χ0) is 20.8. The van der Waals surface area contributed by atoms with Crippen LogP contribution in [0.1, 0.15) is 52.5 Å². The van der Waals surface area contributed by atoms with Gasteiger partial charge in [-0.1, -0.05) is 31.5 Å². The molecule has 158 valence electrons. The molecule has 0 bridgehead atoms. The number of aromatic nitrogens is 3. The number of carbonyl (C=O) groups excluding carboxylic acids is 1. The molecule has 1 fully saturated rings. The predicted octanol–water partition coefficient (Wildman–Crippen LogP) is 4.67. The number of rotatable bonds is 8. The summed E-state index contributed by atoms with van der Waals surface area (Å²) in [5.74, 6) is 2.81. The molecule has 1 amide bonds. The Balaban J connectivity index is 1.91. The third-order valence-electron chi connectivity index (χ3n) is 5.85. The second-order valence-electron chi connectivity index (χ2n) is 7.59. The van der Waals surface area contributed by atoms with Crippen LogP contribution in [-0.4, -0.2) is 51.5 Å². The zero-order valence-corrected chi connectivity index (χ0v) is 18.7. The van der Waals surface area contributed by atoms with E-state index in [9.17, 15) is 4.79 Å². The maximum Gasteiger partial charge on any atom is 0.233 e. The largest absolute Gasteiger partial charge is 0.497 e. The van der Waals surface area contributed by atoms with Gasteiger partial charge in [0.25, 0.3) is 0 Å². The summed E-state index contributed by atoms with van der Waals surface area (Å²) in [7, 11) is 1.67. The van der Waals surface area contributed by atoms with Gasteiger partial charge < -0.3 is 9.64 Å². The zero-order valence-electron chi connectivity index (χ0n) is 17.9. The number of hydrogen-bond donors (Lipinski definition) is 0. The van der Waals surface area contributed by atoms with Crippen LogP contribution in [-0.2, 0) is 4.79 Å². The van der Waals surface area contributed by atoms with Gasteiger partial charge >= 0.3 is 0 Å². The van der Waals surface area contributed by atoms with E-state index in [0.717, 1.165) is 41.8 Å². The number of thioether (sulfide) groups is 1. The van der Waals surface area contributed by atoms with Crippen LogP contribution in [0.5, 0.6) is 5.75 Å². The fourth-order valence-corrected chi connectivity index (χ4v) is 4.98. The van der Waals surface area contributed by atoms with Crippen LogP contribution in [0.4, 0.5) is 0 Å². The Morgan fingerprint density at radius 2 is 1.86 bits per heavy atom. The molecule has 0 radical (unpaired) electrons. The highest BCUT2D eigenvalue weighted by Crippen LogP contribution is 2.39. The summed E-state index contributed by atoms with van der Waals surface area (Å²) >= 11 is 1.51. The van der Waals surface area contributed by atoms with Crippen LogP contribution >= 0.6 is 11.8 Å². The van der Waals surface area contributed by atoms with Crippen LogP contribution in [0.2, 0.25) is 0 Å². The highest BCUT2D eigenvalue weighted by atomic mass is 32.2. The Kier molecular flexibility index (Phi) is 7.58. The van der Waals surface area contributed by atoms with E-state index in [1.807, 2.05) is 43.0 Å². The van der Waals surface area contributed by atoms with Crippen molar-refractivity contribution in [3.63, 3.8) is 0 Å². The number of methoxy groups -OCH3 is 1. The van der Waals surface area contributed by atoms with Gasteiger partial charge in [0.15, 0.2) is 11.0 Å². The smallest absolute Gasteiger partial charge is 0.233 e. The van der Waals surface area contributed by atoms with Crippen molar-refractivity contribution < 1.29 is 9.53 Å². The molecule has 2 aromatic rings. The number of amides is 1. The number of hydrogen-bond acceptors (Lipinski definition) is 5.